The normalized spacial score (nSPS) is 10.2. The first-order valence-electron chi connectivity index (χ1n) is 6.47. The molecule has 0 bridgehead atoms. The van der Waals surface area contributed by atoms with E-state index in [2.05, 4.69) is 9.97 Å². The second-order valence-corrected chi connectivity index (χ2v) is 4.37. The van der Waals surface area contributed by atoms with Crippen LogP contribution in [0.3, 0.4) is 0 Å². The number of carbonyl (C=O) groups is 1. The van der Waals surface area contributed by atoms with E-state index in [9.17, 15) is 4.79 Å². The van der Waals surface area contributed by atoms with Gasteiger partial charge in [-0.05, 0) is 31.5 Å². The number of methoxy groups -OCH3 is 1. The van der Waals surface area contributed by atoms with Crippen molar-refractivity contribution in [1.82, 2.24) is 9.97 Å². The smallest absolute Gasteiger partial charge is 0.335 e. The van der Waals surface area contributed by atoms with Crippen molar-refractivity contribution >= 4 is 5.97 Å². The quantitative estimate of drug-likeness (QED) is 0.911. The fourth-order valence-electron chi connectivity index (χ4n) is 1.83. The molecule has 6 heteroatoms. The number of aromatic carboxylic acids is 1. The minimum absolute atomic E-state index is 0.132. The van der Waals surface area contributed by atoms with Crippen LogP contribution in [-0.4, -0.2) is 28.2 Å². The number of hydrogen-bond acceptors (Lipinski definition) is 5. The Morgan fingerprint density at radius 1 is 1.24 bits per heavy atom. The molecule has 110 valence electrons. The molecule has 1 aromatic heterocycles. The molecule has 1 aromatic carbocycles. The molecule has 21 heavy (non-hydrogen) atoms. The van der Waals surface area contributed by atoms with Gasteiger partial charge >= 0.3 is 5.97 Å². The molecule has 0 aliphatic rings. The lowest BCUT2D eigenvalue weighted by Gasteiger charge is -2.11. The van der Waals surface area contributed by atoms with E-state index in [4.69, 9.17) is 14.6 Å². The maximum absolute atomic E-state index is 10.9. The summed E-state index contributed by atoms with van der Waals surface area (Å²) in [6.45, 7) is 3.78. The second kappa shape index (κ2) is 6.21. The van der Waals surface area contributed by atoms with Gasteiger partial charge < -0.3 is 14.6 Å². The van der Waals surface area contributed by atoms with E-state index in [-0.39, 0.29) is 5.56 Å². The molecule has 0 spiro atoms. The first-order chi connectivity index (χ1) is 10.0. The molecule has 0 unspecified atom stereocenters. The van der Waals surface area contributed by atoms with Crippen LogP contribution in [0.4, 0.5) is 0 Å². The van der Waals surface area contributed by atoms with Crippen molar-refractivity contribution in [2.75, 3.05) is 7.11 Å². The average molecular weight is 288 g/mol. The highest BCUT2D eigenvalue weighted by Gasteiger charge is 2.12. The van der Waals surface area contributed by atoms with Crippen LogP contribution in [0.25, 0.3) is 0 Å². The fourth-order valence-corrected chi connectivity index (χ4v) is 1.83. The lowest BCUT2D eigenvalue weighted by molar-refractivity contribution is 0.0696. The van der Waals surface area contributed by atoms with Crippen LogP contribution in [0.2, 0.25) is 0 Å². The Morgan fingerprint density at radius 3 is 2.62 bits per heavy atom. The van der Waals surface area contributed by atoms with Crippen LogP contribution in [0.1, 0.15) is 28.8 Å². The Labute approximate surface area is 122 Å². The molecule has 1 N–H and O–H groups in total. The zero-order valence-corrected chi connectivity index (χ0v) is 12.1. The molecule has 2 aromatic rings. The highest BCUT2D eigenvalue weighted by Crippen LogP contribution is 2.31. The summed E-state index contributed by atoms with van der Waals surface area (Å²) >= 11 is 0. The number of ether oxygens (including phenoxy) is 2. The fraction of sp³-hybridized carbons (Fsp3) is 0.267. The van der Waals surface area contributed by atoms with E-state index in [0.29, 0.717) is 23.2 Å². The minimum Gasteiger partial charge on any atom is -0.493 e. The zero-order valence-electron chi connectivity index (χ0n) is 12.1. The molecule has 1 heterocycles. The number of aryl methyl sites for hydroxylation is 2. The van der Waals surface area contributed by atoms with Crippen molar-refractivity contribution in [2.24, 2.45) is 0 Å². The van der Waals surface area contributed by atoms with Crippen LogP contribution < -0.4 is 9.47 Å². The maximum atomic E-state index is 10.9. The summed E-state index contributed by atoms with van der Waals surface area (Å²) in [5.41, 5.74) is 1.01. The van der Waals surface area contributed by atoms with E-state index in [1.165, 1.54) is 19.2 Å². The van der Waals surface area contributed by atoms with Gasteiger partial charge in [0, 0.05) is 11.8 Å². The summed E-state index contributed by atoms with van der Waals surface area (Å²) < 4.78 is 10.9. The molecule has 0 fully saturated rings. The molecule has 0 radical (unpaired) electrons. The van der Waals surface area contributed by atoms with Crippen LogP contribution >= 0.6 is 0 Å². The highest BCUT2D eigenvalue weighted by atomic mass is 16.5. The van der Waals surface area contributed by atoms with Crippen molar-refractivity contribution in [1.29, 1.82) is 0 Å². The number of carboxylic acids is 1. The molecule has 0 aliphatic heterocycles. The van der Waals surface area contributed by atoms with Gasteiger partial charge in [0.25, 0.3) is 0 Å². The summed E-state index contributed by atoms with van der Waals surface area (Å²) in [6.07, 6.45) is 0.773. The summed E-state index contributed by atoms with van der Waals surface area (Å²) in [5, 5.41) is 8.97. The summed E-state index contributed by atoms with van der Waals surface area (Å²) in [7, 11) is 1.45. The standard InChI is InChI=1S/C15H16N2O4/c1-4-11-8-14(17-9(2)16-11)21-12-6-5-10(15(18)19)7-13(12)20-3/h5-8H,4H2,1-3H3,(H,18,19). The number of benzene rings is 1. The average Bonchev–Trinajstić information content (AvgIpc) is 2.46. The third kappa shape index (κ3) is 3.47. The van der Waals surface area contributed by atoms with Crippen LogP contribution in [0, 0.1) is 6.92 Å². The number of nitrogens with zero attached hydrogens (tertiary/aromatic N) is 2. The molecule has 0 saturated carbocycles. The van der Waals surface area contributed by atoms with Crippen LogP contribution in [0.5, 0.6) is 17.4 Å². The van der Waals surface area contributed by atoms with Gasteiger partial charge in [-0.3, -0.25) is 0 Å². The Kier molecular flexibility index (Phi) is 4.37. The van der Waals surface area contributed by atoms with Gasteiger partial charge in [0.1, 0.15) is 5.82 Å². The number of hydrogen-bond donors (Lipinski definition) is 1. The van der Waals surface area contributed by atoms with E-state index in [0.717, 1.165) is 12.1 Å². The SMILES string of the molecule is CCc1cc(Oc2ccc(C(=O)O)cc2OC)nc(C)n1. The molecule has 2 rings (SSSR count). The lowest BCUT2D eigenvalue weighted by atomic mass is 10.2. The molecule has 0 amide bonds. The van der Waals surface area contributed by atoms with Crippen molar-refractivity contribution in [3.05, 3.63) is 41.3 Å². The summed E-state index contributed by atoms with van der Waals surface area (Å²) in [5.74, 6) is 0.740. The van der Waals surface area contributed by atoms with Crippen molar-refractivity contribution in [3.63, 3.8) is 0 Å². The van der Waals surface area contributed by atoms with E-state index in [1.54, 1.807) is 19.1 Å². The monoisotopic (exact) mass is 288 g/mol. The first-order valence-corrected chi connectivity index (χ1v) is 6.47. The zero-order chi connectivity index (χ0) is 15.4. The Morgan fingerprint density at radius 2 is 2.00 bits per heavy atom. The Bertz CT molecular complexity index is 671. The summed E-state index contributed by atoms with van der Waals surface area (Å²) in [6, 6.07) is 6.16. The topological polar surface area (TPSA) is 81.5 Å². The Hall–Kier alpha value is -2.63. The predicted octanol–water partition coefficient (Wildman–Crippen LogP) is 2.85. The van der Waals surface area contributed by atoms with E-state index < -0.39 is 5.97 Å². The number of aromatic nitrogens is 2. The maximum Gasteiger partial charge on any atom is 0.335 e. The van der Waals surface area contributed by atoms with Crippen molar-refractivity contribution in [2.45, 2.75) is 20.3 Å². The Balaban J connectivity index is 2.35. The lowest BCUT2D eigenvalue weighted by Crippen LogP contribution is -2.00. The summed E-state index contributed by atoms with van der Waals surface area (Å²) in [4.78, 5) is 19.4. The van der Waals surface area contributed by atoms with Gasteiger partial charge in [-0.1, -0.05) is 6.92 Å². The van der Waals surface area contributed by atoms with Gasteiger partial charge in [-0.15, -0.1) is 0 Å². The molecular formula is C15H16N2O4. The largest absolute Gasteiger partial charge is 0.493 e. The third-order valence-corrected chi connectivity index (χ3v) is 2.85. The van der Waals surface area contributed by atoms with Crippen LogP contribution in [0.15, 0.2) is 24.3 Å². The van der Waals surface area contributed by atoms with Crippen LogP contribution in [-0.2, 0) is 6.42 Å². The van der Waals surface area contributed by atoms with Gasteiger partial charge in [-0.25, -0.2) is 9.78 Å². The van der Waals surface area contributed by atoms with Gasteiger partial charge in [0.05, 0.1) is 12.7 Å². The van der Waals surface area contributed by atoms with E-state index in [1.807, 2.05) is 6.92 Å². The molecule has 0 atom stereocenters. The number of carboxylic acid groups (broad SMARTS) is 1. The van der Waals surface area contributed by atoms with Gasteiger partial charge in [0.15, 0.2) is 11.5 Å². The van der Waals surface area contributed by atoms with E-state index >= 15 is 0 Å². The van der Waals surface area contributed by atoms with Gasteiger partial charge in [0.2, 0.25) is 5.88 Å². The second-order valence-electron chi connectivity index (χ2n) is 4.37. The molecule has 0 saturated heterocycles. The third-order valence-electron chi connectivity index (χ3n) is 2.85. The molecular weight excluding hydrogens is 272 g/mol. The predicted molar refractivity (Wildman–Crippen MR) is 76.2 cm³/mol. The number of rotatable bonds is 5. The van der Waals surface area contributed by atoms with Gasteiger partial charge in [-0.2, -0.15) is 4.98 Å². The van der Waals surface area contributed by atoms with Crippen molar-refractivity contribution < 1.29 is 19.4 Å². The first kappa shape index (κ1) is 14.8. The molecule has 6 nitrogen and oxygen atoms in total. The molecule has 0 aliphatic carbocycles. The van der Waals surface area contributed by atoms with Crippen molar-refractivity contribution in [3.8, 4) is 17.4 Å². The minimum atomic E-state index is -1.02. The highest BCUT2D eigenvalue weighted by molar-refractivity contribution is 5.88.